The summed E-state index contributed by atoms with van der Waals surface area (Å²) in [5.41, 5.74) is 2.48. The molecule has 0 saturated carbocycles. The summed E-state index contributed by atoms with van der Waals surface area (Å²) < 4.78 is 10.7. The predicted octanol–water partition coefficient (Wildman–Crippen LogP) is 2.88. The van der Waals surface area contributed by atoms with Gasteiger partial charge in [0.2, 0.25) is 0 Å². The third kappa shape index (κ3) is 3.83. The van der Waals surface area contributed by atoms with E-state index in [1.165, 1.54) is 5.56 Å². The van der Waals surface area contributed by atoms with Crippen LogP contribution in [0.3, 0.4) is 0 Å². The van der Waals surface area contributed by atoms with E-state index in [1.54, 1.807) is 20.3 Å². The highest BCUT2D eigenvalue weighted by Gasteiger charge is 2.11. The highest BCUT2D eigenvalue weighted by molar-refractivity contribution is 5.90. The molecule has 2 aromatic carbocycles. The quantitative estimate of drug-likeness (QED) is 0.650. The topological polar surface area (TPSA) is 63.4 Å². The number of nitrogens with one attached hydrogen (secondary N) is 2. The van der Waals surface area contributed by atoms with Crippen LogP contribution in [-0.2, 0) is 13.0 Å². The van der Waals surface area contributed by atoms with Crippen LogP contribution in [0.25, 0.3) is 10.9 Å². The first-order valence-electron chi connectivity index (χ1n) is 8.24. The lowest BCUT2D eigenvalue weighted by Crippen LogP contribution is -2.23. The zero-order chi connectivity index (χ0) is 17.6. The van der Waals surface area contributed by atoms with Crippen molar-refractivity contribution in [2.75, 3.05) is 20.8 Å². The number of hydrogen-bond donors (Lipinski definition) is 2. The smallest absolute Gasteiger partial charge is 0.253 e. The molecule has 0 atom stereocenters. The Morgan fingerprint density at radius 3 is 2.44 bits per heavy atom. The van der Waals surface area contributed by atoms with E-state index in [0.29, 0.717) is 29.1 Å². The van der Waals surface area contributed by atoms with Gasteiger partial charge in [0.05, 0.1) is 19.7 Å². The molecule has 2 N–H and O–H groups in total. The van der Waals surface area contributed by atoms with Crippen molar-refractivity contribution in [1.82, 2.24) is 10.3 Å². The van der Waals surface area contributed by atoms with Crippen LogP contribution in [0.2, 0.25) is 0 Å². The van der Waals surface area contributed by atoms with Gasteiger partial charge in [-0.2, -0.15) is 0 Å². The zero-order valence-corrected chi connectivity index (χ0v) is 14.5. The first-order chi connectivity index (χ1) is 12.2. The van der Waals surface area contributed by atoms with Crippen LogP contribution in [0.1, 0.15) is 11.1 Å². The minimum Gasteiger partial charge on any atom is -0.496 e. The molecule has 0 fully saturated rings. The van der Waals surface area contributed by atoms with Crippen LogP contribution < -0.4 is 20.3 Å². The van der Waals surface area contributed by atoms with E-state index >= 15 is 0 Å². The number of hydrogen-bond acceptors (Lipinski definition) is 4. The van der Waals surface area contributed by atoms with Crippen molar-refractivity contribution >= 4 is 10.9 Å². The van der Waals surface area contributed by atoms with Crippen LogP contribution in [0.4, 0.5) is 0 Å². The summed E-state index contributed by atoms with van der Waals surface area (Å²) in [5, 5.41) is 4.16. The number of methoxy groups -OCH3 is 2. The minimum atomic E-state index is -0.119. The molecular weight excluding hydrogens is 316 g/mol. The third-order valence-corrected chi connectivity index (χ3v) is 4.20. The van der Waals surface area contributed by atoms with Gasteiger partial charge in [0.25, 0.3) is 5.56 Å². The van der Waals surface area contributed by atoms with Crippen molar-refractivity contribution in [2.45, 2.75) is 13.0 Å². The van der Waals surface area contributed by atoms with Crippen molar-refractivity contribution in [1.29, 1.82) is 0 Å². The Labute approximate surface area is 146 Å². The maximum atomic E-state index is 12.4. The van der Waals surface area contributed by atoms with Crippen LogP contribution in [-0.4, -0.2) is 25.7 Å². The summed E-state index contributed by atoms with van der Waals surface area (Å²) >= 11 is 0. The zero-order valence-electron chi connectivity index (χ0n) is 14.5. The van der Waals surface area contributed by atoms with Gasteiger partial charge in [-0.05, 0) is 36.7 Å². The summed E-state index contributed by atoms with van der Waals surface area (Å²) in [4.78, 5) is 15.3. The van der Waals surface area contributed by atoms with E-state index in [0.717, 1.165) is 18.4 Å². The standard InChI is InChI=1S/C20H22N2O3/c1-24-17-8-9-18(25-2)19-16(17)12-15(20(23)22-19)13-21-11-10-14-6-4-3-5-7-14/h3-9,12,21H,10-11,13H2,1-2H3,(H,22,23). The lowest BCUT2D eigenvalue weighted by Gasteiger charge is -2.11. The summed E-state index contributed by atoms with van der Waals surface area (Å²) in [6.07, 6.45) is 0.920. The van der Waals surface area contributed by atoms with Crippen LogP contribution >= 0.6 is 0 Å². The molecule has 1 heterocycles. The normalized spacial score (nSPS) is 10.8. The number of ether oxygens (including phenoxy) is 2. The molecule has 5 nitrogen and oxygen atoms in total. The van der Waals surface area contributed by atoms with E-state index in [-0.39, 0.29) is 5.56 Å². The second kappa shape index (κ2) is 7.85. The fourth-order valence-corrected chi connectivity index (χ4v) is 2.87. The average Bonchev–Trinajstić information content (AvgIpc) is 2.65. The van der Waals surface area contributed by atoms with Crippen molar-refractivity contribution in [3.8, 4) is 11.5 Å². The Bertz CT molecular complexity index is 904. The number of pyridine rings is 1. The molecule has 0 unspecified atom stereocenters. The molecule has 3 rings (SSSR count). The van der Waals surface area contributed by atoms with E-state index in [9.17, 15) is 4.79 Å². The van der Waals surface area contributed by atoms with Crippen LogP contribution in [0.5, 0.6) is 11.5 Å². The number of H-pyrrole nitrogens is 1. The Kier molecular flexibility index (Phi) is 5.36. The summed E-state index contributed by atoms with van der Waals surface area (Å²) in [5.74, 6) is 1.33. The molecule has 0 radical (unpaired) electrons. The Hall–Kier alpha value is -2.79. The Morgan fingerprint density at radius 2 is 1.72 bits per heavy atom. The highest BCUT2D eigenvalue weighted by atomic mass is 16.5. The van der Waals surface area contributed by atoms with E-state index in [1.807, 2.05) is 30.3 Å². The summed E-state index contributed by atoms with van der Waals surface area (Å²) in [7, 11) is 3.20. The van der Waals surface area contributed by atoms with Gasteiger partial charge in [-0.15, -0.1) is 0 Å². The van der Waals surface area contributed by atoms with Crippen LogP contribution in [0.15, 0.2) is 53.3 Å². The second-order valence-corrected chi connectivity index (χ2v) is 5.79. The van der Waals surface area contributed by atoms with E-state index in [4.69, 9.17) is 9.47 Å². The highest BCUT2D eigenvalue weighted by Crippen LogP contribution is 2.31. The molecule has 0 saturated heterocycles. The largest absolute Gasteiger partial charge is 0.496 e. The maximum Gasteiger partial charge on any atom is 0.253 e. The molecular formula is C20H22N2O3. The van der Waals surface area contributed by atoms with Crippen molar-refractivity contribution < 1.29 is 9.47 Å². The van der Waals surface area contributed by atoms with Crippen molar-refractivity contribution in [2.24, 2.45) is 0 Å². The molecule has 25 heavy (non-hydrogen) atoms. The molecule has 0 aliphatic heterocycles. The van der Waals surface area contributed by atoms with Crippen molar-refractivity contribution in [3.05, 3.63) is 70.0 Å². The molecule has 0 amide bonds. The minimum absolute atomic E-state index is 0.119. The predicted molar refractivity (Wildman–Crippen MR) is 99.5 cm³/mol. The lowest BCUT2D eigenvalue weighted by molar-refractivity contribution is 0.409. The van der Waals surface area contributed by atoms with Gasteiger partial charge in [0.1, 0.15) is 11.5 Å². The Balaban J connectivity index is 1.77. The first-order valence-corrected chi connectivity index (χ1v) is 8.24. The van der Waals surface area contributed by atoms with Crippen molar-refractivity contribution in [3.63, 3.8) is 0 Å². The number of benzene rings is 2. The van der Waals surface area contributed by atoms with E-state index in [2.05, 4.69) is 22.4 Å². The lowest BCUT2D eigenvalue weighted by atomic mass is 10.1. The second-order valence-electron chi connectivity index (χ2n) is 5.79. The van der Waals surface area contributed by atoms with Crippen LogP contribution in [0, 0.1) is 0 Å². The molecule has 0 bridgehead atoms. The van der Waals surface area contributed by atoms with Gasteiger partial charge >= 0.3 is 0 Å². The Morgan fingerprint density at radius 1 is 1.00 bits per heavy atom. The molecule has 5 heteroatoms. The van der Waals surface area contributed by atoms with Gasteiger partial charge in [-0.3, -0.25) is 4.79 Å². The average molecular weight is 338 g/mol. The molecule has 1 aromatic heterocycles. The first kappa shape index (κ1) is 17.0. The molecule has 0 aliphatic rings. The van der Waals surface area contributed by atoms with E-state index < -0.39 is 0 Å². The van der Waals surface area contributed by atoms with Gasteiger partial charge in [0, 0.05) is 17.5 Å². The van der Waals surface area contributed by atoms with Gasteiger partial charge < -0.3 is 19.8 Å². The van der Waals surface area contributed by atoms with Gasteiger partial charge in [-0.25, -0.2) is 0 Å². The monoisotopic (exact) mass is 338 g/mol. The molecule has 0 spiro atoms. The molecule has 3 aromatic rings. The fourth-order valence-electron chi connectivity index (χ4n) is 2.87. The van der Waals surface area contributed by atoms with Gasteiger partial charge in [0.15, 0.2) is 0 Å². The number of aromatic nitrogens is 1. The third-order valence-electron chi connectivity index (χ3n) is 4.20. The number of fused-ring (bicyclic) bond motifs is 1. The number of aromatic amines is 1. The summed E-state index contributed by atoms with van der Waals surface area (Å²) in [6, 6.07) is 15.8. The molecule has 0 aliphatic carbocycles. The SMILES string of the molecule is COc1ccc(OC)c2[nH]c(=O)c(CNCCc3ccccc3)cc12. The molecule has 130 valence electrons. The number of rotatable bonds is 7. The van der Waals surface area contributed by atoms with Gasteiger partial charge in [-0.1, -0.05) is 30.3 Å². The maximum absolute atomic E-state index is 12.4. The fraction of sp³-hybridized carbons (Fsp3) is 0.250. The summed E-state index contributed by atoms with van der Waals surface area (Å²) in [6.45, 7) is 1.30.